The molecule has 15 heavy (non-hydrogen) atoms. The zero-order valence-electron chi connectivity index (χ0n) is 9.07. The summed E-state index contributed by atoms with van der Waals surface area (Å²) in [5.41, 5.74) is 6.44. The van der Waals surface area contributed by atoms with Crippen LogP contribution in [0.15, 0.2) is 30.3 Å². The van der Waals surface area contributed by atoms with E-state index in [1.165, 1.54) is 0 Å². The second-order valence-electron chi connectivity index (χ2n) is 3.58. The number of hydrogen-bond donors (Lipinski definition) is 2. The third-order valence-corrected chi connectivity index (χ3v) is 2.36. The monoisotopic (exact) mass is 206 g/mol. The molecule has 0 aliphatic rings. The van der Waals surface area contributed by atoms with Crippen molar-refractivity contribution in [3.05, 3.63) is 35.9 Å². The number of nitrogens with one attached hydrogen (secondary N) is 1. The lowest BCUT2D eigenvalue weighted by Gasteiger charge is -2.09. The van der Waals surface area contributed by atoms with E-state index in [9.17, 15) is 4.79 Å². The minimum atomic E-state index is -0.0288. The molecule has 3 nitrogen and oxygen atoms in total. The van der Waals surface area contributed by atoms with Gasteiger partial charge in [0.25, 0.3) is 5.91 Å². The summed E-state index contributed by atoms with van der Waals surface area (Å²) < 4.78 is 0. The average Bonchev–Trinajstić information content (AvgIpc) is 2.29. The molecular weight excluding hydrogens is 188 g/mol. The van der Waals surface area contributed by atoms with Gasteiger partial charge in [-0.05, 0) is 25.0 Å². The highest BCUT2D eigenvalue weighted by Crippen LogP contribution is 1.98. The van der Waals surface area contributed by atoms with Gasteiger partial charge in [0.1, 0.15) is 0 Å². The molecule has 0 heterocycles. The summed E-state index contributed by atoms with van der Waals surface area (Å²) in [4.78, 5) is 11.6. The van der Waals surface area contributed by atoms with E-state index in [4.69, 9.17) is 5.73 Å². The fraction of sp³-hybridized carbons (Fsp3) is 0.417. The van der Waals surface area contributed by atoms with E-state index < -0.39 is 0 Å². The van der Waals surface area contributed by atoms with Crippen LogP contribution in [0.2, 0.25) is 0 Å². The molecule has 0 bridgehead atoms. The van der Waals surface area contributed by atoms with Gasteiger partial charge in [-0.3, -0.25) is 4.79 Å². The number of amides is 1. The Morgan fingerprint density at radius 1 is 1.40 bits per heavy atom. The second kappa shape index (κ2) is 6.19. The highest BCUT2D eigenvalue weighted by atomic mass is 16.1. The van der Waals surface area contributed by atoms with Crippen LogP contribution in [0.3, 0.4) is 0 Å². The van der Waals surface area contributed by atoms with Crippen molar-refractivity contribution in [1.29, 1.82) is 0 Å². The number of nitrogens with two attached hydrogens (primary N) is 1. The maximum atomic E-state index is 11.6. The Bertz CT molecular complexity index is 298. The Morgan fingerprint density at radius 2 is 2.07 bits per heavy atom. The Labute approximate surface area is 90.7 Å². The molecule has 0 aromatic heterocycles. The third-order valence-electron chi connectivity index (χ3n) is 2.36. The summed E-state index contributed by atoms with van der Waals surface area (Å²) in [6.45, 7) is 2.69. The Balaban J connectivity index is 2.31. The lowest BCUT2D eigenvalue weighted by Crippen LogP contribution is -2.29. The molecule has 3 heteroatoms. The van der Waals surface area contributed by atoms with Gasteiger partial charge >= 0.3 is 0 Å². The van der Waals surface area contributed by atoms with Gasteiger partial charge in [0.05, 0.1) is 0 Å². The molecule has 1 unspecified atom stereocenters. The molecule has 1 amide bonds. The molecule has 0 aliphatic heterocycles. The zero-order valence-corrected chi connectivity index (χ0v) is 9.07. The highest BCUT2D eigenvalue weighted by Gasteiger charge is 2.04. The van der Waals surface area contributed by atoms with Crippen molar-refractivity contribution in [2.24, 2.45) is 5.73 Å². The molecule has 1 aromatic carbocycles. The van der Waals surface area contributed by atoms with Crippen LogP contribution in [0.1, 0.15) is 30.1 Å². The summed E-state index contributed by atoms with van der Waals surface area (Å²) in [5.74, 6) is -0.0288. The van der Waals surface area contributed by atoms with Gasteiger partial charge in [0.15, 0.2) is 0 Å². The zero-order chi connectivity index (χ0) is 11.1. The van der Waals surface area contributed by atoms with Gasteiger partial charge in [-0.15, -0.1) is 0 Å². The normalized spacial score (nSPS) is 12.1. The largest absolute Gasteiger partial charge is 0.352 e. The van der Waals surface area contributed by atoms with Crippen LogP contribution in [-0.4, -0.2) is 18.5 Å². The standard InChI is InChI=1S/C12H18N2O/c1-2-11(13)8-9-14-12(15)10-6-4-3-5-7-10/h3-7,11H,2,8-9,13H2,1H3,(H,14,15). The van der Waals surface area contributed by atoms with Crippen LogP contribution in [0.4, 0.5) is 0 Å². The quantitative estimate of drug-likeness (QED) is 0.768. The van der Waals surface area contributed by atoms with Gasteiger partial charge in [-0.2, -0.15) is 0 Å². The van der Waals surface area contributed by atoms with Crippen molar-refractivity contribution in [3.63, 3.8) is 0 Å². The van der Waals surface area contributed by atoms with Gasteiger partial charge in [0, 0.05) is 18.2 Å². The molecule has 1 aromatic rings. The SMILES string of the molecule is CCC(N)CCNC(=O)c1ccccc1. The van der Waals surface area contributed by atoms with Crippen molar-refractivity contribution in [2.45, 2.75) is 25.8 Å². The molecule has 0 radical (unpaired) electrons. The molecule has 0 fully saturated rings. The summed E-state index contributed by atoms with van der Waals surface area (Å²) in [7, 11) is 0. The first-order valence-corrected chi connectivity index (χ1v) is 5.33. The van der Waals surface area contributed by atoms with Crippen LogP contribution in [0.5, 0.6) is 0 Å². The minimum Gasteiger partial charge on any atom is -0.352 e. The van der Waals surface area contributed by atoms with E-state index in [0.29, 0.717) is 12.1 Å². The molecule has 3 N–H and O–H groups in total. The first-order chi connectivity index (χ1) is 7.24. The lowest BCUT2D eigenvalue weighted by molar-refractivity contribution is 0.0952. The predicted octanol–water partition coefficient (Wildman–Crippen LogP) is 1.54. The molecule has 0 aliphatic carbocycles. The van der Waals surface area contributed by atoms with Crippen LogP contribution < -0.4 is 11.1 Å². The highest BCUT2D eigenvalue weighted by molar-refractivity contribution is 5.94. The van der Waals surface area contributed by atoms with Gasteiger partial charge in [-0.1, -0.05) is 25.1 Å². The number of carbonyl (C=O) groups is 1. The topological polar surface area (TPSA) is 55.1 Å². The number of benzene rings is 1. The predicted molar refractivity (Wildman–Crippen MR) is 61.7 cm³/mol. The fourth-order valence-electron chi connectivity index (χ4n) is 1.27. The van der Waals surface area contributed by atoms with Crippen molar-refractivity contribution in [2.75, 3.05) is 6.54 Å². The van der Waals surface area contributed by atoms with Crippen LogP contribution in [0.25, 0.3) is 0 Å². The van der Waals surface area contributed by atoms with Crippen LogP contribution in [0, 0.1) is 0 Å². The number of rotatable bonds is 5. The van der Waals surface area contributed by atoms with E-state index in [-0.39, 0.29) is 11.9 Å². The number of hydrogen-bond acceptors (Lipinski definition) is 2. The van der Waals surface area contributed by atoms with E-state index in [1.807, 2.05) is 25.1 Å². The van der Waals surface area contributed by atoms with Gasteiger partial charge in [0.2, 0.25) is 0 Å². The molecule has 1 rings (SSSR count). The van der Waals surface area contributed by atoms with E-state index in [0.717, 1.165) is 12.8 Å². The van der Waals surface area contributed by atoms with E-state index >= 15 is 0 Å². The molecule has 1 atom stereocenters. The maximum Gasteiger partial charge on any atom is 0.251 e. The van der Waals surface area contributed by atoms with Gasteiger partial charge in [-0.25, -0.2) is 0 Å². The lowest BCUT2D eigenvalue weighted by atomic mass is 10.1. The molecule has 0 spiro atoms. The Hall–Kier alpha value is -1.35. The summed E-state index contributed by atoms with van der Waals surface area (Å²) in [5, 5.41) is 2.85. The Kier molecular flexibility index (Phi) is 4.84. The summed E-state index contributed by atoms with van der Waals surface area (Å²) in [6.07, 6.45) is 1.77. The molecule has 82 valence electrons. The fourth-order valence-corrected chi connectivity index (χ4v) is 1.27. The third kappa shape index (κ3) is 4.13. The van der Waals surface area contributed by atoms with Crippen molar-refractivity contribution < 1.29 is 4.79 Å². The number of carbonyl (C=O) groups excluding carboxylic acids is 1. The van der Waals surface area contributed by atoms with E-state index in [1.54, 1.807) is 12.1 Å². The van der Waals surface area contributed by atoms with Gasteiger partial charge < -0.3 is 11.1 Å². The van der Waals surface area contributed by atoms with E-state index in [2.05, 4.69) is 5.32 Å². The van der Waals surface area contributed by atoms with Crippen molar-refractivity contribution in [1.82, 2.24) is 5.32 Å². The maximum absolute atomic E-state index is 11.6. The summed E-state index contributed by atoms with van der Waals surface area (Å²) in [6, 6.07) is 9.38. The average molecular weight is 206 g/mol. The second-order valence-corrected chi connectivity index (χ2v) is 3.58. The molecular formula is C12H18N2O. The van der Waals surface area contributed by atoms with Crippen molar-refractivity contribution in [3.8, 4) is 0 Å². The first kappa shape index (κ1) is 11.7. The van der Waals surface area contributed by atoms with Crippen molar-refractivity contribution >= 4 is 5.91 Å². The van der Waals surface area contributed by atoms with Crippen LogP contribution in [-0.2, 0) is 0 Å². The summed E-state index contributed by atoms with van der Waals surface area (Å²) >= 11 is 0. The smallest absolute Gasteiger partial charge is 0.251 e. The molecule has 0 saturated heterocycles. The first-order valence-electron chi connectivity index (χ1n) is 5.33. The van der Waals surface area contributed by atoms with Crippen LogP contribution >= 0.6 is 0 Å². The minimum absolute atomic E-state index is 0.0288. The molecule has 0 saturated carbocycles. The Morgan fingerprint density at radius 3 is 2.67 bits per heavy atom.